The van der Waals surface area contributed by atoms with Gasteiger partial charge in [-0.05, 0) is 59.7 Å². The van der Waals surface area contributed by atoms with Crippen LogP contribution in [0.2, 0.25) is 0 Å². The maximum Gasteiger partial charge on any atom is 0.119 e. The van der Waals surface area contributed by atoms with Crippen LogP contribution in [0.1, 0.15) is 11.1 Å². The van der Waals surface area contributed by atoms with Gasteiger partial charge in [0, 0.05) is 0 Å². The Bertz CT molecular complexity index is 696. The molecule has 2 unspecified atom stereocenters. The van der Waals surface area contributed by atoms with Crippen molar-refractivity contribution in [1.29, 1.82) is 0 Å². The largest absolute Gasteiger partial charge is 0.491 e. The molecule has 0 spiro atoms. The predicted molar refractivity (Wildman–Crippen MR) is 98.5 cm³/mol. The molecule has 134 valence electrons. The van der Waals surface area contributed by atoms with Gasteiger partial charge in [0.05, 0.1) is 25.6 Å². The van der Waals surface area contributed by atoms with Crippen LogP contribution in [0.4, 0.5) is 0 Å². The molecule has 0 amide bonds. The summed E-state index contributed by atoms with van der Waals surface area (Å²) in [7, 11) is 0. The lowest BCUT2D eigenvalue weighted by Gasteiger charge is -2.03. The van der Waals surface area contributed by atoms with Crippen molar-refractivity contribution in [2.45, 2.75) is 12.2 Å². The number of epoxide rings is 2. The van der Waals surface area contributed by atoms with Crippen LogP contribution in [-0.2, 0) is 9.47 Å². The number of hydrogen-bond acceptors (Lipinski definition) is 6. The first-order chi connectivity index (χ1) is 12.8. The van der Waals surface area contributed by atoms with Crippen LogP contribution < -0.4 is 9.47 Å². The molecule has 2 heterocycles. The van der Waals surface area contributed by atoms with E-state index >= 15 is 0 Å². The summed E-state index contributed by atoms with van der Waals surface area (Å²) in [4.78, 5) is 0. The average molecular weight is 352 g/mol. The van der Waals surface area contributed by atoms with Gasteiger partial charge in [0.2, 0.25) is 0 Å². The number of hydrogen-bond donors (Lipinski definition) is 0. The van der Waals surface area contributed by atoms with E-state index < -0.39 is 0 Å². The van der Waals surface area contributed by atoms with Gasteiger partial charge >= 0.3 is 0 Å². The van der Waals surface area contributed by atoms with Crippen LogP contribution in [0.3, 0.4) is 0 Å². The fourth-order valence-electron chi connectivity index (χ4n) is 2.21. The molecule has 0 saturated carbocycles. The van der Waals surface area contributed by atoms with Crippen LogP contribution in [0, 0.1) is 0 Å². The summed E-state index contributed by atoms with van der Waals surface area (Å²) in [5.41, 5.74) is 1.92. The third-order valence-electron chi connectivity index (χ3n) is 3.92. The Balaban J connectivity index is 1.24. The van der Waals surface area contributed by atoms with Gasteiger partial charge in [-0.2, -0.15) is 10.2 Å². The van der Waals surface area contributed by atoms with E-state index in [1.807, 2.05) is 48.5 Å². The minimum atomic E-state index is 0.262. The number of ether oxygens (including phenoxy) is 4. The Morgan fingerprint density at radius 1 is 0.731 bits per heavy atom. The van der Waals surface area contributed by atoms with Crippen LogP contribution in [0.5, 0.6) is 11.5 Å². The van der Waals surface area contributed by atoms with Crippen molar-refractivity contribution in [3.05, 3.63) is 59.7 Å². The average Bonchev–Trinajstić information content (AvgIpc) is 3.58. The predicted octanol–water partition coefficient (Wildman–Crippen LogP) is 2.69. The lowest BCUT2D eigenvalue weighted by molar-refractivity contribution is 0.263. The second-order valence-electron chi connectivity index (χ2n) is 6.16. The first-order valence-corrected chi connectivity index (χ1v) is 8.60. The Kier molecular flexibility index (Phi) is 5.23. The molecule has 2 atom stereocenters. The van der Waals surface area contributed by atoms with Crippen molar-refractivity contribution in [1.82, 2.24) is 0 Å². The number of rotatable bonds is 9. The van der Waals surface area contributed by atoms with Crippen molar-refractivity contribution in [2.75, 3.05) is 26.4 Å². The minimum absolute atomic E-state index is 0.262. The Hall–Kier alpha value is -2.70. The Morgan fingerprint density at radius 2 is 1.12 bits per heavy atom. The zero-order chi connectivity index (χ0) is 17.6. The number of benzene rings is 2. The van der Waals surface area contributed by atoms with Crippen LogP contribution in [0.25, 0.3) is 0 Å². The molecule has 4 rings (SSSR count). The van der Waals surface area contributed by atoms with Gasteiger partial charge in [-0.25, -0.2) is 0 Å². The van der Waals surface area contributed by atoms with Gasteiger partial charge in [-0.3, -0.25) is 0 Å². The van der Waals surface area contributed by atoms with Crippen LogP contribution >= 0.6 is 0 Å². The second kappa shape index (κ2) is 8.12. The molecule has 0 aliphatic carbocycles. The zero-order valence-corrected chi connectivity index (χ0v) is 14.3. The van der Waals surface area contributed by atoms with E-state index in [0.29, 0.717) is 13.2 Å². The summed E-state index contributed by atoms with van der Waals surface area (Å²) in [5, 5.41) is 8.15. The van der Waals surface area contributed by atoms with Crippen molar-refractivity contribution < 1.29 is 18.9 Å². The molecule has 2 aromatic carbocycles. The maximum atomic E-state index is 5.60. The molecular formula is C20H20N2O4. The molecule has 2 aliphatic heterocycles. The van der Waals surface area contributed by atoms with E-state index in [4.69, 9.17) is 18.9 Å². The van der Waals surface area contributed by atoms with Crippen molar-refractivity contribution >= 4 is 12.4 Å². The summed E-state index contributed by atoms with van der Waals surface area (Å²) in [6.07, 6.45) is 3.94. The summed E-state index contributed by atoms with van der Waals surface area (Å²) in [6, 6.07) is 15.4. The third kappa shape index (κ3) is 5.40. The summed E-state index contributed by atoms with van der Waals surface area (Å²) >= 11 is 0. The monoisotopic (exact) mass is 352 g/mol. The SMILES string of the molecule is C(=N\N=C\c1ccc(OCC2CO2)cc1)/c1ccc(OCC2CO2)cc1. The van der Waals surface area contributed by atoms with E-state index in [9.17, 15) is 0 Å². The van der Waals surface area contributed by atoms with Gasteiger partial charge in [0.1, 0.15) is 36.9 Å². The standard InChI is InChI=1S/C20H20N2O4/c1-5-17(23-11-19-13-25-19)6-2-15(1)9-21-22-10-16-3-7-18(8-4-16)24-12-20-14-26-20/h1-10,19-20H,11-14H2/b21-9+,22-10+. The smallest absolute Gasteiger partial charge is 0.119 e. The highest BCUT2D eigenvalue weighted by molar-refractivity contribution is 5.82. The van der Waals surface area contributed by atoms with Gasteiger partial charge in [-0.1, -0.05) is 0 Å². The molecule has 0 bridgehead atoms. The molecule has 2 aliphatic rings. The van der Waals surface area contributed by atoms with Crippen molar-refractivity contribution in [3.8, 4) is 11.5 Å². The summed E-state index contributed by atoms with van der Waals surface area (Å²) in [5.74, 6) is 1.66. The Morgan fingerprint density at radius 3 is 1.46 bits per heavy atom. The molecule has 2 aromatic rings. The molecule has 2 fully saturated rings. The first-order valence-electron chi connectivity index (χ1n) is 8.60. The second-order valence-corrected chi connectivity index (χ2v) is 6.16. The Labute approximate surface area is 152 Å². The van der Waals surface area contributed by atoms with Gasteiger partial charge in [-0.15, -0.1) is 0 Å². The summed E-state index contributed by atoms with van der Waals surface area (Å²) in [6.45, 7) is 2.81. The molecule has 6 nitrogen and oxygen atoms in total. The maximum absolute atomic E-state index is 5.60. The van der Waals surface area contributed by atoms with E-state index in [-0.39, 0.29) is 12.2 Å². The molecule has 0 N–H and O–H groups in total. The summed E-state index contributed by atoms with van der Waals surface area (Å²) < 4.78 is 21.4. The molecule has 26 heavy (non-hydrogen) atoms. The van der Waals surface area contributed by atoms with E-state index in [0.717, 1.165) is 35.8 Å². The van der Waals surface area contributed by atoms with Gasteiger partial charge in [0.15, 0.2) is 0 Å². The van der Waals surface area contributed by atoms with E-state index in [1.54, 1.807) is 12.4 Å². The van der Waals surface area contributed by atoms with E-state index in [2.05, 4.69) is 10.2 Å². The minimum Gasteiger partial charge on any atom is -0.491 e. The number of nitrogens with zero attached hydrogens (tertiary/aromatic N) is 2. The van der Waals surface area contributed by atoms with Gasteiger partial charge in [0.25, 0.3) is 0 Å². The highest BCUT2D eigenvalue weighted by Crippen LogP contribution is 2.16. The van der Waals surface area contributed by atoms with Crippen molar-refractivity contribution in [2.24, 2.45) is 10.2 Å². The van der Waals surface area contributed by atoms with E-state index in [1.165, 1.54) is 0 Å². The molecule has 0 aromatic heterocycles. The highest BCUT2D eigenvalue weighted by Gasteiger charge is 2.23. The molecular weight excluding hydrogens is 332 g/mol. The lowest BCUT2D eigenvalue weighted by Crippen LogP contribution is -2.03. The van der Waals surface area contributed by atoms with Crippen LogP contribution in [0.15, 0.2) is 58.7 Å². The highest BCUT2D eigenvalue weighted by atomic mass is 16.6. The first kappa shape index (κ1) is 16.8. The normalized spacial score (nSPS) is 21.2. The zero-order valence-electron chi connectivity index (χ0n) is 14.3. The topological polar surface area (TPSA) is 68.2 Å². The van der Waals surface area contributed by atoms with Crippen molar-refractivity contribution in [3.63, 3.8) is 0 Å². The molecule has 2 saturated heterocycles. The fourth-order valence-corrected chi connectivity index (χ4v) is 2.21. The van der Waals surface area contributed by atoms with Gasteiger partial charge < -0.3 is 18.9 Å². The lowest BCUT2D eigenvalue weighted by atomic mass is 10.2. The quantitative estimate of drug-likeness (QED) is 0.395. The molecule has 0 radical (unpaired) electrons. The fraction of sp³-hybridized carbons (Fsp3) is 0.300. The van der Waals surface area contributed by atoms with Crippen LogP contribution in [-0.4, -0.2) is 51.1 Å². The third-order valence-corrected chi connectivity index (χ3v) is 3.92. The molecule has 6 heteroatoms.